The molecule has 2 amide bonds. The summed E-state index contributed by atoms with van der Waals surface area (Å²) in [5.74, 6) is -0.369. The highest BCUT2D eigenvalue weighted by atomic mass is 16.2. The minimum atomic E-state index is -0.191. The van der Waals surface area contributed by atoms with Crippen molar-refractivity contribution in [2.24, 2.45) is 0 Å². The summed E-state index contributed by atoms with van der Waals surface area (Å²) >= 11 is 0. The van der Waals surface area contributed by atoms with Gasteiger partial charge in [0, 0.05) is 11.1 Å². The van der Waals surface area contributed by atoms with Crippen molar-refractivity contribution in [3.05, 3.63) is 11.1 Å². The first-order valence-corrected chi connectivity index (χ1v) is 5.28. The van der Waals surface area contributed by atoms with Crippen LogP contribution in [0.15, 0.2) is 11.1 Å². The molecule has 0 bridgehead atoms. The van der Waals surface area contributed by atoms with Gasteiger partial charge >= 0.3 is 0 Å². The predicted octanol–water partition coefficient (Wildman–Crippen LogP) is 1.93. The first-order chi connectivity index (χ1) is 6.70. The molecule has 0 atom stereocenters. The Labute approximate surface area is 84.6 Å². The van der Waals surface area contributed by atoms with Gasteiger partial charge in [-0.15, -0.1) is 0 Å². The Balaban J connectivity index is 2.66. The Hall–Kier alpha value is -1.12. The van der Waals surface area contributed by atoms with Crippen LogP contribution >= 0.6 is 0 Å². The molecule has 0 saturated heterocycles. The van der Waals surface area contributed by atoms with Crippen molar-refractivity contribution in [2.45, 2.75) is 46.0 Å². The molecular formula is C11H17NO2. The molecule has 1 aliphatic heterocycles. The van der Waals surface area contributed by atoms with E-state index in [0.717, 1.165) is 25.7 Å². The Bertz CT molecular complexity index is 279. The second-order valence-corrected chi connectivity index (χ2v) is 3.55. The van der Waals surface area contributed by atoms with Crippen LogP contribution < -0.4 is 5.32 Å². The van der Waals surface area contributed by atoms with Crippen LogP contribution in [0, 0.1) is 0 Å². The van der Waals surface area contributed by atoms with E-state index in [4.69, 9.17) is 0 Å². The summed E-state index contributed by atoms with van der Waals surface area (Å²) in [5.41, 5.74) is 1.40. The van der Waals surface area contributed by atoms with Crippen LogP contribution in [0.25, 0.3) is 0 Å². The number of hydrogen-bond acceptors (Lipinski definition) is 2. The maximum atomic E-state index is 11.4. The largest absolute Gasteiger partial charge is 0.289 e. The van der Waals surface area contributed by atoms with Gasteiger partial charge in [0.05, 0.1) is 0 Å². The molecule has 0 aromatic carbocycles. The Morgan fingerprint density at radius 3 is 2.21 bits per heavy atom. The fourth-order valence-electron chi connectivity index (χ4n) is 1.72. The highest BCUT2D eigenvalue weighted by Gasteiger charge is 2.27. The van der Waals surface area contributed by atoms with Gasteiger partial charge < -0.3 is 0 Å². The summed E-state index contributed by atoms with van der Waals surface area (Å²) in [5, 5.41) is 2.34. The fourth-order valence-corrected chi connectivity index (χ4v) is 1.72. The molecule has 0 aromatic heterocycles. The number of rotatable bonds is 5. The number of carbonyl (C=O) groups is 2. The standard InChI is InChI=1S/C11H17NO2/c1-3-5-6-7-9-8(4-2)10(13)12-11(9)14/h3-7H2,1-2H3,(H,12,13,14). The minimum Gasteiger partial charge on any atom is -0.289 e. The van der Waals surface area contributed by atoms with Crippen LogP contribution in [0.1, 0.15) is 46.0 Å². The molecule has 1 aliphatic rings. The summed E-state index contributed by atoms with van der Waals surface area (Å²) in [6.45, 7) is 4.03. The van der Waals surface area contributed by atoms with Crippen LogP contribution in [-0.2, 0) is 9.59 Å². The summed E-state index contributed by atoms with van der Waals surface area (Å²) < 4.78 is 0. The van der Waals surface area contributed by atoms with Gasteiger partial charge in [-0.1, -0.05) is 26.7 Å². The zero-order valence-corrected chi connectivity index (χ0v) is 8.85. The first kappa shape index (κ1) is 11.0. The Morgan fingerprint density at radius 1 is 1.00 bits per heavy atom. The molecule has 0 saturated carbocycles. The van der Waals surface area contributed by atoms with E-state index in [2.05, 4.69) is 12.2 Å². The third-order valence-corrected chi connectivity index (χ3v) is 2.52. The molecule has 78 valence electrons. The average Bonchev–Trinajstić information content (AvgIpc) is 2.42. The molecule has 1 heterocycles. The maximum absolute atomic E-state index is 11.4. The van der Waals surface area contributed by atoms with E-state index in [-0.39, 0.29) is 11.8 Å². The summed E-state index contributed by atoms with van der Waals surface area (Å²) in [4.78, 5) is 22.6. The topological polar surface area (TPSA) is 46.2 Å². The van der Waals surface area contributed by atoms with E-state index in [9.17, 15) is 9.59 Å². The van der Waals surface area contributed by atoms with Crippen molar-refractivity contribution in [3.8, 4) is 0 Å². The SMILES string of the molecule is CCCCCC1=C(CC)C(=O)NC1=O. The number of unbranched alkanes of at least 4 members (excludes halogenated alkanes) is 2. The van der Waals surface area contributed by atoms with Gasteiger partial charge in [-0.2, -0.15) is 0 Å². The number of hydrogen-bond donors (Lipinski definition) is 1. The molecule has 14 heavy (non-hydrogen) atoms. The quantitative estimate of drug-likeness (QED) is 0.538. The lowest BCUT2D eigenvalue weighted by Crippen LogP contribution is -2.23. The summed E-state index contributed by atoms with van der Waals surface area (Å²) in [6, 6.07) is 0. The van der Waals surface area contributed by atoms with Crippen LogP contribution in [-0.4, -0.2) is 11.8 Å². The lowest BCUT2D eigenvalue weighted by atomic mass is 10.0. The highest BCUT2D eigenvalue weighted by Crippen LogP contribution is 2.21. The zero-order chi connectivity index (χ0) is 10.6. The molecule has 3 nitrogen and oxygen atoms in total. The third-order valence-electron chi connectivity index (χ3n) is 2.52. The minimum absolute atomic E-state index is 0.178. The van der Waals surface area contributed by atoms with Gasteiger partial charge in [0.15, 0.2) is 0 Å². The van der Waals surface area contributed by atoms with Crippen molar-refractivity contribution >= 4 is 11.8 Å². The fraction of sp³-hybridized carbons (Fsp3) is 0.636. The molecular weight excluding hydrogens is 178 g/mol. The Morgan fingerprint density at radius 2 is 1.64 bits per heavy atom. The van der Waals surface area contributed by atoms with E-state index >= 15 is 0 Å². The van der Waals surface area contributed by atoms with E-state index in [1.165, 1.54) is 0 Å². The number of imide groups is 1. The second-order valence-electron chi connectivity index (χ2n) is 3.55. The molecule has 0 unspecified atom stereocenters. The van der Waals surface area contributed by atoms with Crippen molar-refractivity contribution in [3.63, 3.8) is 0 Å². The van der Waals surface area contributed by atoms with Gasteiger partial charge in [0.2, 0.25) is 0 Å². The van der Waals surface area contributed by atoms with Gasteiger partial charge in [-0.05, 0) is 19.3 Å². The molecule has 3 heteroatoms. The maximum Gasteiger partial charge on any atom is 0.254 e. The smallest absolute Gasteiger partial charge is 0.254 e. The van der Waals surface area contributed by atoms with Gasteiger partial charge in [0.1, 0.15) is 0 Å². The molecule has 1 rings (SSSR count). The number of amides is 2. The molecule has 0 spiro atoms. The van der Waals surface area contributed by atoms with Crippen LogP contribution in [0.3, 0.4) is 0 Å². The second kappa shape index (κ2) is 4.94. The molecule has 0 radical (unpaired) electrons. The van der Waals surface area contributed by atoms with Crippen molar-refractivity contribution < 1.29 is 9.59 Å². The van der Waals surface area contributed by atoms with Crippen LogP contribution in [0.2, 0.25) is 0 Å². The van der Waals surface area contributed by atoms with E-state index in [0.29, 0.717) is 17.6 Å². The monoisotopic (exact) mass is 195 g/mol. The summed E-state index contributed by atoms with van der Waals surface area (Å²) in [6.07, 6.45) is 4.63. The third kappa shape index (κ3) is 2.22. The van der Waals surface area contributed by atoms with Crippen LogP contribution in [0.4, 0.5) is 0 Å². The van der Waals surface area contributed by atoms with Crippen LogP contribution in [0.5, 0.6) is 0 Å². The predicted molar refractivity (Wildman–Crippen MR) is 54.6 cm³/mol. The summed E-state index contributed by atoms with van der Waals surface area (Å²) in [7, 11) is 0. The number of nitrogens with one attached hydrogen (secondary N) is 1. The molecule has 0 fully saturated rings. The lowest BCUT2D eigenvalue weighted by molar-refractivity contribution is -0.124. The lowest BCUT2D eigenvalue weighted by Gasteiger charge is -2.00. The molecule has 0 aromatic rings. The molecule has 0 aliphatic carbocycles. The molecule has 1 N–H and O–H groups in total. The zero-order valence-electron chi connectivity index (χ0n) is 8.85. The van der Waals surface area contributed by atoms with E-state index in [1.807, 2.05) is 6.92 Å². The van der Waals surface area contributed by atoms with Gasteiger partial charge in [-0.3, -0.25) is 14.9 Å². The first-order valence-electron chi connectivity index (χ1n) is 5.28. The van der Waals surface area contributed by atoms with Gasteiger partial charge in [-0.25, -0.2) is 0 Å². The highest BCUT2D eigenvalue weighted by molar-refractivity contribution is 6.19. The average molecular weight is 195 g/mol. The van der Waals surface area contributed by atoms with E-state index in [1.54, 1.807) is 0 Å². The van der Waals surface area contributed by atoms with E-state index < -0.39 is 0 Å². The normalized spacial score (nSPS) is 16.4. The van der Waals surface area contributed by atoms with Crippen molar-refractivity contribution in [2.75, 3.05) is 0 Å². The van der Waals surface area contributed by atoms with Crippen molar-refractivity contribution in [1.82, 2.24) is 5.32 Å². The van der Waals surface area contributed by atoms with Gasteiger partial charge in [0.25, 0.3) is 11.8 Å². The number of carbonyl (C=O) groups excluding carboxylic acids is 2. The Kier molecular flexibility index (Phi) is 3.86. The van der Waals surface area contributed by atoms with Crippen molar-refractivity contribution in [1.29, 1.82) is 0 Å².